The van der Waals surface area contributed by atoms with Crippen molar-refractivity contribution in [2.24, 2.45) is 5.92 Å². The van der Waals surface area contributed by atoms with E-state index in [0.717, 1.165) is 18.6 Å². The minimum Gasteiger partial charge on any atom is -0.494 e. The summed E-state index contributed by atoms with van der Waals surface area (Å²) in [7, 11) is 0. The molecule has 1 aliphatic rings. The minimum absolute atomic E-state index is 0.102. The maximum atomic E-state index is 12.8. The van der Waals surface area contributed by atoms with Gasteiger partial charge in [-0.15, -0.1) is 0 Å². The monoisotopic (exact) mass is 290 g/mol. The molecular weight excluding hydrogens is 264 g/mol. The number of hydrogen-bond acceptors (Lipinski definition) is 3. The van der Waals surface area contributed by atoms with Gasteiger partial charge in [-0.25, -0.2) is 0 Å². The van der Waals surface area contributed by atoms with Crippen LogP contribution in [0.4, 0.5) is 0 Å². The molecule has 1 aromatic rings. The van der Waals surface area contributed by atoms with Gasteiger partial charge in [-0.2, -0.15) is 0 Å². The van der Waals surface area contributed by atoms with E-state index in [1.54, 1.807) is 0 Å². The Balaban J connectivity index is 2.14. The second-order valence-corrected chi connectivity index (χ2v) is 5.60. The average Bonchev–Trinajstić information content (AvgIpc) is 2.53. The Bertz CT molecular complexity index is 450. The molecule has 0 heterocycles. The molecule has 1 aliphatic carbocycles. The summed E-state index contributed by atoms with van der Waals surface area (Å²) in [5, 5.41) is 0. The average molecular weight is 290 g/mol. The number of carbonyl (C=O) groups is 1. The lowest BCUT2D eigenvalue weighted by Crippen LogP contribution is -2.34. The van der Waals surface area contributed by atoms with Crippen LogP contribution in [-0.2, 0) is 4.74 Å². The smallest absolute Gasteiger partial charge is 0.191 e. The highest BCUT2D eigenvalue weighted by atomic mass is 16.5. The van der Waals surface area contributed by atoms with E-state index in [4.69, 9.17) is 9.47 Å². The van der Waals surface area contributed by atoms with Crippen LogP contribution in [0.1, 0.15) is 56.3 Å². The van der Waals surface area contributed by atoms with E-state index in [1.165, 1.54) is 19.3 Å². The quantitative estimate of drug-likeness (QED) is 0.704. The molecule has 2 rings (SSSR count). The zero-order valence-electron chi connectivity index (χ0n) is 13.1. The fourth-order valence-corrected chi connectivity index (χ4v) is 3.11. The Morgan fingerprint density at radius 2 is 1.95 bits per heavy atom. The van der Waals surface area contributed by atoms with E-state index in [2.05, 4.69) is 0 Å². The molecule has 0 amide bonds. The van der Waals surface area contributed by atoms with Crippen LogP contribution in [0.15, 0.2) is 24.3 Å². The minimum atomic E-state index is -0.299. The topological polar surface area (TPSA) is 35.5 Å². The Morgan fingerprint density at radius 1 is 1.19 bits per heavy atom. The number of rotatable bonds is 7. The van der Waals surface area contributed by atoms with Crippen molar-refractivity contribution in [1.29, 1.82) is 0 Å². The molecule has 3 heteroatoms. The van der Waals surface area contributed by atoms with Crippen molar-refractivity contribution in [3.05, 3.63) is 29.8 Å². The van der Waals surface area contributed by atoms with Crippen molar-refractivity contribution < 1.29 is 14.3 Å². The van der Waals surface area contributed by atoms with Crippen molar-refractivity contribution >= 4 is 5.78 Å². The molecule has 0 bridgehead atoms. The summed E-state index contributed by atoms with van der Waals surface area (Å²) in [4.78, 5) is 12.8. The third kappa shape index (κ3) is 4.31. The first-order valence-corrected chi connectivity index (χ1v) is 8.15. The number of ketones is 1. The zero-order valence-corrected chi connectivity index (χ0v) is 13.1. The lowest BCUT2D eigenvalue weighted by molar-refractivity contribution is 0.0126. The molecule has 0 radical (unpaired) electrons. The molecule has 0 aromatic heterocycles. The second kappa shape index (κ2) is 8.18. The number of benzene rings is 1. The molecule has 1 unspecified atom stereocenters. The van der Waals surface area contributed by atoms with Gasteiger partial charge in [0.15, 0.2) is 5.78 Å². The molecule has 1 saturated carbocycles. The number of Topliss-reactive ketones (excluding diaryl/α,β-unsaturated/α-hetero) is 1. The fraction of sp³-hybridized carbons (Fsp3) is 0.611. The summed E-state index contributed by atoms with van der Waals surface area (Å²) in [6.45, 7) is 5.09. The molecule has 3 nitrogen and oxygen atoms in total. The molecule has 0 spiro atoms. The predicted molar refractivity (Wildman–Crippen MR) is 83.9 cm³/mol. The summed E-state index contributed by atoms with van der Waals surface area (Å²) in [6.07, 6.45) is 5.60. The van der Waals surface area contributed by atoms with Crippen LogP contribution in [0.2, 0.25) is 0 Å². The molecular formula is C18H26O3. The van der Waals surface area contributed by atoms with E-state index >= 15 is 0 Å². The van der Waals surface area contributed by atoms with Crippen LogP contribution in [0, 0.1) is 5.92 Å². The zero-order chi connectivity index (χ0) is 15.1. The van der Waals surface area contributed by atoms with Crippen molar-refractivity contribution in [3.63, 3.8) is 0 Å². The summed E-state index contributed by atoms with van der Waals surface area (Å²) >= 11 is 0. The Kier molecular flexibility index (Phi) is 6.24. The van der Waals surface area contributed by atoms with Crippen LogP contribution in [-0.4, -0.2) is 25.1 Å². The highest BCUT2D eigenvalue weighted by Gasteiger charge is 2.30. The molecule has 0 saturated heterocycles. The fourth-order valence-electron chi connectivity index (χ4n) is 3.11. The van der Waals surface area contributed by atoms with Gasteiger partial charge in [-0.1, -0.05) is 31.4 Å². The predicted octanol–water partition coefficient (Wildman–Crippen LogP) is 4.25. The Hall–Kier alpha value is -1.35. The van der Waals surface area contributed by atoms with Gasteiger partial charge in [-0.05, 0) is 44.7 Å². The van der Waals surface area contributed by atoms with Gasteiger partial charge in [0.1, 0.15) is 11.9 Å². The first-order valence-electron chi connectivity index (χ1n) is 8.15. The summed E-state index contributed by atoms with van der Waals surface area (Å²) in [6, 6.07) is 7.46. The highest BCUT2D eigenvalue weighted by Crippen LogP contribution is 2.30. The molecule has 1 atom stereocenters. The van der Waals surface area contributed by atoms with Crippen LogP contribution in [0.3, 0.4) is 0 Å². The standard InChI is InChI=1S/C18H26O3/c1-3-20-16-12-8-11-15(13-16)17(19)18(21-4-2)14-9-6-5-7-10-14/h8,11-14,18H,3-7,9-10H2,1-2H3. The van der Waals surface area contributed by atoms with Crippen molar-refractivity contribution in [3.8, 4) is 5.75 Å². The number of ether oxygens (including phenoxy) is 2. The molecule has 0 aliphatic heterocycles. The van der Waals surface area contributed by atoms with Gasteiger partial charge >= 0.3 is 0 Å². The first-order chi connectivity index (χ1) is 10.3. The van der Waals surface area contributed by atoms with Crippen molar-refractivity contribution in [2.75, 3.05) is 13.2 Å². The molecule has 116 valence electrons. The van der Waals surface area contributed by atoms with Crippen LogP contribution < -0.4 is 4.74 Å². The summed E-state index contributed by atoms with van der Waals surface area (Å²) < 4.78 is 11.3. The van der Waals surface area contributed by atoms with E-state index < -0.39 is 0 Å². The Labute approximate surface area is 127 Å². The normalized spacial score (nSPS) is 17.4. The van der Waals surface area contributed by atoms with Gasteiger partial charge in [0, 0.05) is 12.2 Å². The molecule has 0 N–H and O–H groups in total. The van der Waals surface area contributed by atoms with Gasteiger partial charge in [0.2, 0.25) is 0 Å². The second-order valence-electron chi connectivity index (χ2n) is 5.60. The van der Waals surface area contributed by atoms with Gasteiger partial charge in [-0.3, -0.25) is 4.79 Å². The Morgan fingerprint density at radius 3 is 2.62 bits per heavy atom. The summed E-state index contributed by atoms with van der Waals surface area (Å²) in [5.74, 6) is 1.22. The van der Waals surface area contributed by atoms with Crippen molar-refractivity contribution in [1.82, 2.24) is 0 Å². The van der Waals surface area contributed by atoms with Gasteiger partial charge < -0.3 is 9.47 Å². The summed E-state index contributed by atoms with van der Waals surface area (Å²) in [5.41, 5.74) is 0.699. The van der Waals surface area contributed by atoms with E-state index in [1.807, 2.05) is 38.1 Å². The first kappa shape index (κ1) is 16.0. The van der Waals surface area contributed by atoms with Crippen LogP contribution >= 0.6 is 0 Å². The number of carbonyl (C=O) groups excluding carboxylic acids is 1. The highest BCUT2D eigenvalue weighted by molar-refractivity contribution is 6.00. The van der Waals surface area contributed by atoms with Crippen LogP contribution in [0.5, 0.6) is 5.75 Å². The van der Waals surface area contributed by atoms with Gasteiger partial charge in [0.05, 0.1) is 6.61 Å². The van der Waals surface area contributed by atoms with Crippen LogP contribution in [0.25, 0.3) is 0 Å². The largest absolute Gasteiger partial charge is 0.494 e. The third-order valence-electron chi connectivity index (χ3n) is 4.11. The van der Waals surface area contributed by atoms with E-state index in [0.29, 0.717) is 24.7 Å². The molecule has 21 heavy (non-hydrogen) atoms. The van der Waals surface area contributed by atoms with Crippen molar-refractivity contribution in [2.45, 2.75) is 52.1 Å². The van der Waals surface area contributed by atoms with Gasteiger partial charge in [0.25, 0.3) is 0 Å². The SMILES string of the molecule is CCOc1cccc(C(=O)C(OCC)C2CCCCC2)c1. The molecule has 1 aromatic carbocycles. The number of hydrogen-bond donors (Lipinski definition) is 0. The lowest BCUT2D eigenvalue weighted by atomic mass is 9.82. The third-order valence-corrected chi connectivity index (χ3v) is 4.11. The van der Waals surface area contributed by atoms with E-state index in [9.17, 15) is 4.79 Å². The van der Waals surface area contributed by atoms with E-state index in [-0.39, 0.29) is 11.9 Å². The maximum absolute atomic E-state index is 12.8. The lowest BCUT2D eigenvalue weighted by Gasteiger charge is -2.29. The molecule has 1 fully saturated rings. The maximum Gasteiger partial charge on any atom is 0.191 e.